The zero-order chi connectivity index (χ0) is 22.8. The van der Waals surface area contributed by atoms with Gasteiger partial charge in [0, 0.05) is 0 Å². The monoisotopic (exact) mass is 432 g/mol. The van der Waals surface area contributed by atoms with Gasteiger partial charge in [0.2, 0.25) is 0 Å². The van der Waals surface area contributed by atoms with Gasteiger partial charge in [-0.15, -0.1) is 24.4 Å². The van der Waals surface area contributed by atoms with Crippen LogP contribution in [0.4, 0.5) is 0 Å². The molecule has 0 aliphatic carbocycles. The van der Waals surface area contributed by atoms with E-state index in [1.54, 1.807) is 0 Å². The Morgan fingerprint density at radius 3 is 0.552 bits per heavy atom. The van der Waals surface area contributed by atoms with Crippen LogP contribution in [0, 0.1) is 0 Å². The number of hydrogen-bond acceptors (Lipinski definition) is 4. The molecule has 0 saturated carbocycles. The van der Waals surface area contributed by atoms with E-state index in [4.69, 9.17) is 0 Å². The van der Waals surface area contributed by atoms with Crippen molar-refractivity contribution in [3.05, 3.63) is 0 Å². The van der Waals surface area contributed by atoms with Crippen LogP contribution in [0.1, 0.15) is 132 Å². The molecule has 0 amide bonds. The third kappa shape index (κ3) is 47.4. The standard InChI is InChI=1S/4C6H13O.Si/c4*1-3-5-6(7)4-2;/h4*6H,3-5H2,1-2H3;/q4*-1;+4. The minimum absolute atomic E-state index is 0. The van der Waals surface area contributed by atoms with Gasteiger partial charge in [-0.3, -0.25) is 0 Å². The van der Waals surface area contributed by atoms with Crippen LogP contribution in [0.25, 0.3) is 0 Å². The molecule has 0 aromatic heterocycles. The molecular formula is C24H52O4Si. The largest absolute Gasteiger partial charge is 4.00 e. The minimum atomic E-state index is -0.301. The van der Waals surface area contributed by atoms with E-state index in [1.807, 2.05) is 55.4 Å². The summed E-state index contributed by atoms with van der Waals surface area (Å²) >= 11 is 0. The molecule has 0 aromatic carbocycles. The Bertz CT molecular complexity index is 195. The zero-order valence-electron chi connectivity index (χ0n) is 20.9. The summed E-state index contributed by atoms with van der Waals surface area (Å²) in [5.74, 6) is 0. The summed E-state index contributed by atoms with van der Waals surface area (Å²) in [6.45, 7) is 15.9. The first-order chi connectivity index (χ1) is 13.2. The maximum absolute atomic E-state index is 10.5. The molecule has 0 fully saturated rings. The summed E-state index contributed by atoms with van der Waals surface area (Å²) in [7, 11) is 0. The first-order valence-electron chi connectivity index (χ1n) is 11.9. The Hall–Kier alpha value is 0.0569. The molecule has 0 N–H and O–H groups in total. The molecule has 0 aliphatic rings. The molecule has 4 unspecified atom stereocenters. The Balaban J connectivity index is -0.0000000873. The normalized spacial score (nSPS) is 13.7. The molecule has 29 heavy (non-hydrogen) atoms. The van der Waals surface area contributed by atoms with Crippen molar-refractivity contribution < 1.29 is 20.4 Å². The second-order valence-electron chi connectivity index (χ2n) is 7.28. The van der Waals surface area contributed by atoms with Crippen molar-refractivity contribution in [1.29, 1.82) is 0 Å². The van der Waals surface area contributed by atoms with Gasteiger partial charge in [-0.05, 0) is 0 Å². The fraction of sp³-hybridized carbons (Fsp3) is 1.00. The van der Waals surface area contributed by atoms with Crippen LogP contribution in [0.15, 0.2) is 0 Å². The van der Waals surface area contributed by atoms with Gasteiger partial charge in [0.25, 0.3) is 0 Å². The van der Waals surface area contributed by atoms with Crippen LogP contribution in [0.3, 0.4) is 0 Å². The van der Waals surface area contributed by atoms with Gasteiger partial charge in [0.05, 0.1) is 0 Å². The average molecular weight is 433 g/mol. The minimum Gasteiger partial charge on any atom is -0.852 e. The Labute approximate surface area is 188 Å². The zero-order valence-corrected chi connectivity index (χ0v) is 21.9. The molecule has 0 saturated heterocycles. The quantitative estimate of drug-likeness (QED) is 0.442. The summed E-state index contributed by atoms with van der Waals surface area (Å²) < 4.78 is 0. The van der Waals surface area contributed by atoms with E-state index in [9.17, 15) is 20.4 Å². The van der Waals surface area contributed by atoms with Crippen LogP contribution in [0.5, 0.6) is 0 Å². The van der Waals surface area contributed by atoms with Gasteiger partial charge < -0.3 is 20.4 Å². The Morgan fingerprint density at radius 1 is 0.379 bits per heavy atom. The Morgan fingerprint density at radius 2 is 0.517 bits per heavy atom. The Kier molecular flexibility index (Phi) is 48.4. The van der Waals surface area contributed by atoms with Crippen molar-refractivity contribution in [3.63, 3.8) is 0 Å². The molecule has 4 nitrogen and oxygen atoms in total. The summed E-state index contributed by atoms with van der Waals surface area (Å²) in [6, 6.07) is 0. The first kappa shape index (κ1) is 39.5. The maximum atomic E-state index is 10.5. The van der Waals surface area contributed by atoms with Crippen LogP contribution >= 0.6 is 0 Å². The maximum Gasteiger partial charge on any atom is 4.00 e. The van der Waals surface area contributed by atoms with E-state index in [-0.39, 0.29) is 35.4 Å². The van der Waals surface area contributed by atoms with Gasteiger partial charge in [-0.25, -0.2) is 0 Å². The SMILES string of the molecule is CCCC([O-])CC.CCCC([O-])CC.CCCC([O-])CC.CCCC([O-])CC.[Si+4]. The van der Waals surface area contributed by atoms with Gasteiger partial charge >= 0.3 is 11.0 Å². The fourth-order valence-electron chi connectivity index (χ4n) is 2.10. The summed E-state index contributed by atoms with van der Waals surface area (Å²) in [4.78, 5) is 0. The molecule has 0 heterocycles. The van der Waals surface area contributed by atoms with Crippen molar-refractivity contribution >= 4 is 11.0 Å². The summed E-state index contributed by atoms with van der Waals surface area (Å²) in [5.41, 5.74) is 0. The molecular weight excluding hydrogens is 380 g/mol. The first-order valence-corrected chi connectivity index (χ1v) is 11.9. The van der Waals surface area contributed by atoms with Crippen LogP contribution in [-0.4, -0.2) is 35.4 Å². The van der Waals surface area contributed by atoms with E-state index in [0.29, 0.717) is 0 Å². The molecule has 0 aromatic rings. The van der Waals surface area contributed by atoms with Crippen molar-refractivity contribution in [1.82, 2.24) is 0 Å². The van der Waals surface area contributed by atoms with Crippen molar-refractivity contribution in [2.45, 2.75) is 157 Å². The number of rotatable bonds is 12. The van der Waals surface area contributed by atoms with Crippen molar-refractivity contribution in [2.24, 2.45) is 0 Å². The molecule has 0 spiro atoms. The van der Waals surface area contributed by atoms with E-state index in [0.717, 1.165) is 77.0 Å². The molecule has 5 heteroatoms. The molecule has 0 rings (SSSR count). The third-order valence-electron chi connectivity index (χ3n) is 4.26. The fourth-order valence-corrected chi connectivity index (χ4v) is 2.10. The smallest absolute Gasteiger partial charge is 0.852 e. The van der Waals surface area contributed by atoms with Crippen LogP contribution < -0.4 is 20.4 Å². The van der Waals surface area contributed by atoms with E-state index < -0.39 is 0 Å². The van der Waals surface area contributed by atoms with Gasteiger partial charge in [0.15, 0.2) is 0 Å². The number of hydrogen-bond donors (Lipinski definition) is 0. The van der Waals surface area contributed by atoms with E-state index in [1.165, 1.54) is 0 Å². The summed E-state index contributed by atoms with van der Waals surface area (Å²) in [5, 5.41) is 42.0. The second-order valence-corrected chi connectivity index (χ2v) is 7.28. The molecule has 4 atom stereocenters. The topological polar surface area (TPSA) is 92.2 Å². The van der Waals surface area contributed by atoms with E-state index >= 15 is 0 Å². The van der Waals surface area contributed by atoms with Gasteiger partial charge in [-0.1, -0.05) is 132 Å². The molecule has 0 aliphatic heterocycles. The second kappa shape index (κ2) is 35.5. The predicted octanol–water partition coefficient (Wildman–Crippen LogP) is 3.32. The van der Waals surface area contributed by atoms with Crippen molar-refractivity contribution in [2.75, 3.05) is 0 Å². The predicted molar refractivity (Wildman–Crippen MR) is 122 cm³/mol. The van der Waals surface area contributed by atoms with Gasteiger partial charge in [0.1, 0.15) is 0 Å². The van der Waals surface area contributed by atoms with Crippen LogP contribution in [0.2, 0.25) is 0 Å². The third-order valence-corrected chi connectivity index (χ3v) is 4.26. The molecule has 0 radical (unpaired) electrons. The average Bonchev–Trinajstić information content (AvgIpc) is 2.70. The summed E-state index contributed by atoms with van der Waals surface area (Å²) in [6.07, 6.45) is 9.43. The molecule has 176 valence electrons. The van der Waals surface area contributed by atoms with E-state index in [2.05, 4.69) is 0 Å². The van der Waals surface area contributed by atoms with Gasteiger partial charge in [-0.2, -0.15) is 0 Å². The van der Waals surface area contributed by atoms with Crippen LogP contribution in [-0.2, 0) is 0 Å². The molecule has 0 bridgehead atoms. The van der Waals surface area contributed by atoms with Crippen molar-refractivity contribution in [3.8, 4) is 0 Å².